The zero-order valence-corrected chi connectivity index (χ0v) is 12.7. The summed E-state index contributed by atoms with van der Waals surface area (Å²) in [7, 11) is 0. The van der Waals surface area contributed by atoms with E-state index in [0.717, 1.165) is 32.0 Å². The van der Waals surface area contributed by atoms with Crippen LogP contribution in [0.15, 0.2) is 0 Å². The first-order valence-electron chi connectivity index (χ1n) is 7.69. The molecule has 0 aromatic heterocycles. The summed E-state index contributed by atoms with van der Waals surface area (Å²) in [5.41, 5.74) is 0. The summed E-state index contributed by atoms with van der Waals surface area (Å²) in [5.74, 6) is 0.720. The van der Waals surface area contributed by atoms with Crippen LogP contribution >= 0.6 is 0 Å². The van der Waals surface area contributed by atoms with Crippen LogP contribution in [0.5, 0.6) is 0 Å². The van der Waals surface area contributed by atoms with E-state index in [4.69, 9.17) is 4.74 Å². The van der Waals surface area contributed by atoms with Crippen LogP contribution in [-0.4, -0.2) is 49.8 Å². The highest BCUT2D eigenvalue weighted by Gasteiger charge is 2.21. The first-order valence-corrected chi connectivity index (χ1v) is 7.69. The maximum Gasteiger partial charge on any atom is 0.0702 e. The summed E-state index contributed by atoms with van der Waals surface area (Å²) in [6.07, 6.45) is 4.14. The monoisotopic (exact) mass is 256 g/mol. The van der Waals surface area contributed by atoms with Crippen LogP contribution < -0.4 is 5.32 Å². The zero-order chi connectivity index (χ0) is 13.4. The van der Waals surface area contributed by atoms with E-state index in [9.17, 15) is 0 Å². The van der Waals surface area contributed by atoms with Gasteiger partial charge in [0, 0.05) is 25.7 Å². The zero-order valence-electron chi connectivity index (χ0n) is 12.7. The van der Waals surface area contributed by atoms with E-state index in [1.807, 2.05) is 0 Å². The normalized spacial score (nSPS) is 23.5. The van der Waals surface area contributed by atoms with Crippen molar-refractivity contribution in [1.29, 1.82) is 0 Å². The van der Waals surface area contributed by atoms with Crippen LogP contribution in [-0.2, 0) is 4.74 Å². The van der Waals surface area contributed by atoms with E-state index in [1.165, 1.54) is 25.9 Å². The third-order valence-electron chi connectivity index (χ3n) is 3.46. The molecule has 1 heterocycles. The van der Waals surface area contributed by atoms with Gasteiger partial charge in [0.25, 0.3) is 0 Å². The fourth-order valence-corrected chi connectivity index (χ4v) is 2.54. The number of nitrogens with one attached hydrogen (secondary N) is 1. The van der Waals surface area contributed by atoms with E-state index in [0.29, 0.717) is 12.1 Å². The molecule has 1 saturated heterocycles. The lowest BCUT2D eigenvalue weighted by Gasteiger charge is -2.34. The van der Waals surface area contributed by atoms with Gasteiger partial charge in [-0.25, -0.2) is 0 Å². The number of rotatable bonds is 8. The molecule has 108 valence electrons. The highest BCUT2D eigenvalue weighted by atomic mass is 16.5. The smallest absolute Gasteiger partial charge is 0.0702 e. The van der Waals surface area contributed by atoms with Gasteiger partial charge in [0.15, 0.2) is 0 Å². The van der Waals surface area contributed by atoms with Crippen LogP contribution in [0.3, 0.4) is 0 Å². The molecule has 1 N–H and O–H groups in total. The minimum absolute atomic E-state index is 0.476. The summed E-state index contributed by atoms with van der Waals surface area (Å²) < 4.78 is 5.88. The van der Waals surface area contributed by atoms with Crippen LogP contribution in [0.1, 0.15) is 47.0 Å². The van der Waals surface area contributed by atoms with Gasteiger partial charge in [-0.1, -0.05) is 27.7 Å². The molecule has 2 atom stereocenters. The van der Waals surface area contributed by atoms with Crippen molar-refractivity contribution < 1.29 is 4.74 Å². The van der Waals surface area contributed by atoms with Gasteiger partial charge in [0.05, 0.1) is 6.10 Å². The molecule has 1 aliphatic rings. The molecule has 1 fully saturated rings. The van der Waals surface area contributed by atoms with Crippen LogP contribution in [0, 0.1) is 5.92 Å². The van der Waals surface area contributed by atoms with E-state index < -0.39 is 0 Å². The number of hydrogen-bond acceptors (Lipinski definition) is 3. The Morgan fingerprint density at radius 3 is 2.78 bits per heavy atom. The predicted octanol–water partition coefficient (Wildman–Crippen LogP) is 2.51. The van der Waals surface area contributed by atoms with E-state index in [-0.39, 0.29) is 0 Å². The number of likely N-dealkylation sites (tertiary alicyclic amines) is 1. The van der Waals surface area contributed by atoms with Crippen molar-refractivity contribution in [3.8, 4) is 0 Å². The molecule has 0 aromatic rings. The van der Waals surface area contributed by atoms with Crippen molar-refractivity contribution in [2.75, 3.05) is 32.8 Å². The average Bonchev–Trinajstić information content (AvgIpc) is 2.34. The Morgan fingerprint density at radius 1 is 1.33 bits per heavy atom. The van der Waals surface area contributed by atoms with Crippen molar-refractivity contribution >= 4 is 0 Å². The summed E-state index contributed by atoms with van der Waals surface area (Å²) in [4.78, 5) is 2.58. The molecule has 0 radical (unpaired) electrons. The lowest BCUT2D eigenvalue weighted by molar-refractivity contribution is -0.00327. The van der Waals surface area contributed by atoms with E-state index >= 15 is 0 Å². The van der Waals surface area contributed by atoms with Gasteiger partial charge in [-0.15, -0.1) is 0 Å². The molecule has 3 nitrogen and oxygen atoms in total. The van der Waals surface area contributed by atoms with Gasteiger partial charge in [-0.05, 0) is 38.3 Å². The summed E-state index contributed by atoms with van der Waals surface area (Å²) in [6.45, 7) is 14.6. The first-order chi connectivity index (χ1) is 8.61. The minimum atomic E-state index is 0.476. The molecule has 0 amide bonds. The maximum absolute atomic E-state index is 5.88. The topological polar surface area (TPSA) is 24.5 Å². The average molecular weight is 256 g/mol. The number of nitrogens with zero attached hydrogens (tertiary/aromatic N) is 1. The van der Waals surface area contributed by atoms with Gasteiger partial charge in [0.2, 0.25) is 0 Å². The Kier molecular flexibility index (Phi) is 7.87. The van der Waals surface area contributed by atoms with Gasteiger partial charge in [-0.3, -0.25) is 0 Å². The Hall–Kier alpha value is -0.120. The first kappa shape index (κ1) is 15.9. The molecule has 1 rings (SSSR count). The van der Waals surface area contributed by atoms with Crippen LogP contribution in [0.4, 0.5) is 0 Å². The fraction of sp³-hybridized carbons (Fsp3) is 1.00. The summed E-state index contributed by atoms with van der Waals surface area (Å²) in [6, 6.07) is 0.592. The van der Waals surface area contributed by atoms with Gasteiger partial charge >= 0.3 is 0 Å². The molecule has 18 heavy (non-hydrogen) atoms. The van der Waals surface area contributed by atoms with Crippen LogP contribution in [0.25, 0.3) is 0 Å². The second-order valence-electron chi connectivity index (χ2n) is 6.06. The molecule has 0 bridgehead atoms. The second-order valence-corrected chi connectivity index (χ2v) is 6.06. The Labute approximate surface area is 113 Å². The van der Waals surface area contributed by atoms with Crippen molar-refractivity contribution in [1.82, 2.24) is 10.2 Å². The number of ether oxygens (including phenoxy) is 1. The SMILES string of the molecule is CCCOC1CCCN(CC(C)CNC(C)C)C1. The van der Waals surface area contributed by atoms with E-state index in [1.54, 1.807) is 0 Å². The molecule has 0 saturated carbocycles. The molecule has 2 unspecified atom stereocenters. The van der Waals surface area contributed by atoms with Crippen LogP contribution in [0.2, 0.25) is 0 Å². The second kappa shape index (κ2) is 8.89. The van der Waals surface area contributed by atoms with Gasteiger partial charge < -0.3 is 15.0 Å². The lowest BCUT2D eigenvalue weighted by atomic mass is 10.1. The summed E-state index contributed by atoms with van der Waals surface area (Å²) >= 11 is 0. The lowest BCUT2D eigenvalue weighted by Crippen LogP contribution is -2.43. The Bertz CT molecular complexity index is 209. The highest BCUT2D eigenvalue weighted by Crippen LogP contribution is 2.14. The minimum Gasteiger partial charge on any atom is -0.377 e. The fourth-order valence-electron chi connectivity index (χ4n) is 2.54. The quantitative estimate of drug-likeness (QED) is 0.722. The van der Waals surface area contributed by atoms with Gasteiger partial charge in [-0.2, -0.15) is 0 Å². The largest absolute Gasteiger partial charge is 0.377 e. The molecular weight excluding hydrogens is 224 g/mol. The van der Waals surface area contributed by atoms with Crippen molar-refractivity contribution in [2.45, 2.75) is 59.1 Å². The standard InChI is InChI=1S/C15H32N2O/c1-5-9-18-15-7-6-8-17(12-15)11-14(4)10-16-13(2)3/h13-16H,5-12H2,1-4H3. The predicted molar refractivity (Wildman–Crippen MR) is 78.0 cm³/mol. The Morgan fingerprint density at radius 2 is 2.11 bits per heavy atom. The molecule has 0 aromatic carbocycles. The maximum atomic E-state index is 5.88. The third kappa shape index (κ3) is 6.72. The van der Waals surface area contributed by atoms with Crippen molar-refractivity contribution in [3.63, 3.8) is 0 Å². The molecule has 0 spiro atoms. The third-order valence-corrected chi connectivity index (χ3v) is 3.46. The molecule has 3 heteroatoms. The molecule has 1 aliphatic heterocycles. The highest BCUT2D eigenvalue weighted by molar-refractivity contribution is 4.75. The Balaban J connectivity index is 2.20. The van der Waals surface area contributed by atoms with Gasteiger partial charge in [0.1, 0.15) is 0 Å². The molecular formula is C15H32N2O. The van der Waals surface area contributed by atoms with E-state index in [2.05, 4.69) is 37.9 Å². The summed E-state index contributed by atoms with van der Waals surface area (Å²) in [5, 5.41) is 3.52. The number of hydrogen-bond donors (Lipinski definition) is 1. The number of piperidine rings is 1. The van der Waals surface area contributed by atoms with Crippen molar-refractivity contribution in [3.05, 3.63) is 0 Å². The van der Waals surface area contributed by atoms with Crippen molar-refractivity contribution in [2.24, 2.45) is 5.92 Å². The molecule has 0 aliphatic carbocycles.